The second-order valence-electron chi connectivity index (χ2n) is 7.99. The number of carbonyl (C=O) groups is 2. The summed E-state index contributed by atoms with van der Waals surface area (Å²) in [6.07, 6.45) is -3.27. The van der Waals surface area contributed by atoms with E-state index in [0.29, 0.717) is 11.3 Å². The van der Waals surface area contributed by atoms with Crippen LogP contribution < -0.4 is 5.32 Å². The Balaban J connectivity index is 1.82. The second kappa shape index (κ2) is 9.73. The number of amides is 2. The number of halogens is 3. The van der Waals surface area contributed by atoms with Crippen molar-refractivity contribution in [3.05, 3.63) is 65.2 Å². The topological polar surface area (TPSA) is 58.6 Å². The van der Waals surface area contributed by atoms with Gasteiger partial charge in [-0.25, -0.2) is 0 Å². The van der Waals surface area contributed by atoms with E-state index in [-0.39, 0.29) is 44.4 Å². The third-order valence-electron chi connectivity index (χ3n) is 5.90. The van der Waals surface area contributed by atoms with Crippen LogP contribution in [0.5, 0.6) is 0 Å². The largest absolute Gasteiger partial charge is 0.416 e. The predicted molar refractivity (Wildman–Crippen MR) is 115 cm³/mol. The molecule has 1 aliphatic rings. The first-order chi connectivity index (χ1) is 15.2. The quantitative estimate of drug-likeness (QED) is 0.712. The zero-order valence-corrected chi connectivity index (χ0v) is 18.2. The molecule has 0 saturated carbocycles. The summed E-state index contributed by atoms with van der Waals surface area (Å²) in [6.45, 7) is 2.28. The van der Waals surface area contributed by atoms with Crippen LogP contribution in [0.4, 0.5) is 18.9 Å². The van der Waals surface area contributed by atoms with E-state index in [4.69, 9.17) is 4.74 Å². The maximum atomic E-state index is 13.5. The van der Waals surface area contributed by atoms with Crippen LogP contribution in [0.2, 0.25) is 0 Å². The van der Waals surface area contributed by atoms with Crippen LogP contribution >= 0.6 is 0 Å². The summed E-state index contributed by atoms with van der Waals surface area (Å²) in [5.41, 5.74) is -0.0239. The molecule has 1 N–H and O–H groups in total. The Kier molecular flexibility index (Phi) is 7.23. The number of likely N-dealkylation sites (N-methyl/N-ethyl adjacent to an activating group) is 1. The minimum Gasteiger partial charge on any atom is -0.381 e. The van der Waals surface area contributed by atoms with Crippen molar-refractivity contribution in [1.29, 1.82) is 0 Å². The fraction of sp³-hybridized carbons (Fsp3) is 0.417. The Hall–Kier alpha value is -2.87. The van der Waals surface area contributed by atoms with E-state index >= 15 is 0 Å². The number of nitrogens with zero attached hydrogens (tertiary/aromatic N) is 1. The maximum Gasteiger partial charge on any atom is 0.416 e. The lowest BCUT2D eigenvalue weighted by Crippen LogP contribution is -2.50. The molecule has 1 fully saturated rings. The molecule has 3 rings (SSSR count). The molecule has 1 heterocycles. The number of hydrogen-bond acceptors (Lipinski definition) is 3. The van der Waals surface area contributed by atoms with Crippen LogP contribution in [0.15, 0.2) is 48.5 Å². The first-order valence-corrected chi connectivity index (χ1v) is 10.6. The van der Waals surface area contributed by atoms with Crippen molar-refractivity contribution < 1.29 is 27.5 Å². The summed E-state index contributed by atoms with van der Waals surface area (Å²) in [6, 6.07) is 12.3. The Morgan fingerprint density at radius 1 is 1.09 bits per heavy atom. The average molecular weight is 448 g/mol. The molecular formula is C24H27F3N2O3. The summed E-state index contributed by atoms with van der Waals surface area (Å²) < 4.78 is 45.2. The molecule has 32 heavy (non-hydrogen) atoms. The Morgan fingerprint density at radius 2 is 1.78 bits per heavy atom. The fourth-order valence-corrected chi connectivity index (χ4v) is 4.13. The van der Waals surface area contributed by atoms with Crippen LogP contribution in [0.25, 0.3) is 0 Å². The molecule has 172 valence electrons. The van der Waals surface area contributed by atoms with E-state index in [0.717, 1.165) is 24.1 Å². The number of alkyl halides is 3. The molecule has 0 aliphatic carbocycles. The van der Waals surface area contributed by atoms with Gasteiger partial charge in [0.25, 0.3) is 0 Å². The van der Waals surface area contributed by atoms with Gasteiger partial charge in [0.05, 0.1) is 17.5 Å². The van der Waals surface area contributed by atoms with Gasteiger partial charge in [-0.05, 0) is 42.5 Å². The minimum atomic E-state index is -4.51. The molecular weight excluding hydrogens is 421 g/mol. The molecule has 1 aliphatic heterocycles. The third kappa shape index (κ3) is 5.12. The molecule has 2 aromatic carbocycles. The Morgan fingerprint density at radius 3 is 2.44 bits per heavy atom. The van der Waals surface area contributed by atoms with Gasteiger partial charge in [-0.2, -0.15) is 13.2 Å². The number of aryl methyl sites for hydroxylation is 1. The lowest BCUT2D eigenvalue weighted by Gasteiger charge is -2.39. The van der Waals surface area contributed by atoms with Crippen LogP contribution in [0.1, 0.15) is 36.5 Å². The van der Waals surface area contributed by atoms with Crippen LogP contribution in [-0.2, 0) is 32.3 Å². The summed E-state index contributed by atoms with van der Waals surface area (Å²) in [5, 5.41) is 2.83. The van der Waals surface area contributed by atoms with Crippen molar-refractivity contribution in [2.75, 3.05) is 32.1 Å². The van der Waals surface area contributed by atoms with Gasteiger partial charge in [-0.3, -0.25) is 9.59 Å². The molecule has 0 aromatic heterocycles. The first-order valence-electron chi connectivity index (χ1n) is 10.6. The van der Waals surface area contributed by atoms with Gasteiger partial charge in [0.2, 0.25) is 11.8 Å². The van der Waals surface area contributed by atoms with E-state index in [1.165, 1.54) is 18.0 Å². The molecule has 0 unspecified atom stereocenters. The number of rotatable bonds is 6. The van der Waals surface area contributed by atoms with E-state index in [2.05, 4.69) is 5.32 Å². The minimum absolute atomic E-state index is 0.210. The van der Waals surface area contributed by atoms with Crippen LogP contribution in [0, 0.1) is 0 Å². The molecule has 0 atom stereocenters. The summed E-state index contributed by atoms with van der Waals surface area (Å²) in [7, 11) is 1.50. The number of anilines is 1. The number of nitrogens with one attached hydrogen (secondary N) is 1. The van der Waals surface area contributed by atoms with Crippen molar-refractivity contribution in [2.45, 2.75) is 37.8 Å². The molecule has 2 aromatic rings. The summed E-state index contributed by atoms with van der Waals surface area (Å²) in [4.78, 5) is 27.4. The average Bonchev–Trinajstić information content (AvgIpc) is 2.78. The van der Waals surface area contributed by atoms with Crippen molar-refractivity contribution in [3.63, 3.8) is 0 Å². The third-order valence-corrected chi connectivity index (χ3v) is 5.90. The van der Waals surface area contributed by atoms with Gasteiger partial charge >= 0.3 is 6.18 Å². The summed E-state index contributed by atoms with van der Waals surface area (Å²) >= 11 is 0. The smallest absolute Gasteiger partial charge is 0.381 e. The molecule has 8 heteroatoms. The van der Waals surface area contributed by atoms with Gasteiger partial charge in [0.15, 0.2) is 0 Å². The highest BCUT2D eigenvalue weighted by molar-refractivity contribution is 5.97. The van der Waals surface area contributed by atoms with Crippen molar-refractivity contribution in [1.82, 2.24) is 4.90 Å². The molecule has 0 spiro atoms. The van der Waals surface area contributed by atoms with E-state index in [1.54, 1.807) is 12.1 Å². The van der Waals surface area contributed by atoms with Gasteiger partial charge < -0.3 is 15.0 Å². The van der Waals surface area contributed by atoms with Crippen LogP contribution in [-0.4, -0.2) is 43.5 Å². The number of benzene rings is 2. The molecule has 5 nitrogen and oxygen atoms in total. The number of hydrogen-bond donors (Lipinski definition) is 1. The van der Waals surface area contributed by atoms with Crippen LogP contribution in [0.3, 0.4) is 0 Å². The normalized spacial score (nSPS) is 15.8. The highest BCUT2D eigenvalue weighted by Gasteiger charge is 2.44. The molecule has 1 saturated heterocycles. The van der Waals surface area contributed by atoms with Gasteiger partial charge in [-0.15, -0.1) is 0 Å². The zero-order valence-electron chi connectivity index (χ0n) is 18.2. The lowest BCUT2D eigenvalue weighted by atomic mass is 9.72. The van der Waals surface area contributed by atoms with Gasteiger partial charge in [0, 0.05) is 25.9 Å². The van der Waals surface area contributed by atoms with Gasteiger partial charge in [-0.1, -0.05) is 43.3 Å². The molecule has 2 amide bonds. The molecule has 0 bridgehead atoms. The summed E-state index contributed by atoms with van der Waals surface area (Å²) in [5.74, 6) is -0.757. The fourth-order valence-electron chi connectivity index (χ4n) is 4.13. The highest BCUT2D eigenvalue weighted by Crippen LogP contribution is 2.39. The lowest BCUT2D eigenvalue weighted by molar-refractivity contribution is -0.142. The number of para-hydroxylation sites is 1. The Labute approximate surface area is 185 Å². The zero-order chi connectivity index (χ0) is 23.4. The second-order valence-corrected chi connectivity index (χ2v) is 7.99. The monoisotopic (exact) mass is 448 g/mol. The van der Waals surface area contributed by atoms with E-state index < -0.39 is 17.2 Å². The van der Waals surface area contributed by atoms with Crippen molar-refractivity contribution in [2.24, 2.45) is 0 Å². The van der Waals surface area contributed by atoms with Crippen molar-refractivity contribution in [3.8, 4) is 0 Å². The highest BCUT2D eigenvalue weighted by atomic mass is 19.4. The standard InChI is InChI=1S/C24H27F3N2O3/c1-3-17-7-4-5-10-20(17)28-21(30)16-29(2)22(31)23(11-13-32-14-12-23)18-8-6-9-19(15-18)24(25,26)27/h4-10,15H,3,11-14,16H2,1-2H3,(H,28,30). The maximum absolute atomic E-state index is 13.5. The number of carbonyl (C=O) groups excluding carboxylic acids is 2. The van der Waals surface area contributed by atoms with E-state index in [1.807, 2.05) is 25.1 Å². The predicted octanol–water partition coefficient (Wildman–Crippen LogP) is 4.41. The van der Waals surface area contributed by atoms with E-state index in [9.17, 15) is 22.8 Å². The van der Waals surface area contributed by atoms with Gasteiger partial charge in [0.1, 0.15) is 0 Å². The number of ether oxygens (including phenoxy) is 1. The van der Waals surface area contributed by atoms with Crippen molar-refractivity contribution >= 4 is 17.5 Å². The first kappa shape index (κ1) is 23.8. The SMILES string of the molecule is CCc1ccccc1NC(=O)CN(C)C(=O)C1(c2cccc(C(F)(F)F)c2)CCOCC1. The Bertz CT molecular complexity index is 969. The molecule has 0 radical (unpaired) electrons.